The molecule has 0 bridgehead atoms. The van der Waals surface area contributed by atoms with Gasteiger partial charge in [-0.15, -0.1) is 0 Å². The van der Waals surface area contributed by atoms with Gasteiger partial charge in [-0.1, -0.05) is 6.92 Å². The van der Waals surface area contributed by atoms with Crippen LogP contribution in [0.2, 0.25) is 0 Å². The number of nitrogens with zero attached hydrogens (tertiary/aromatic N) is 1. The quantitative estimate of drug-likeness (QED) is 0.844. The minimum Gasteiger partial charge on any atom is -0.308 e. The highest BCUT2D eigenvalue weighted by Gasteiger charge is 2.45. The lowest BCUT2D eigenvalue weighted by Gasteiger charge is -2.47. The normalized spacial score (nSPS) is 42.3. The second-order valence-corrected chi connectivity index (χ2v) is 8.11. The van der Waals surface area contributed by atoms with Crippen LogP contribution in [0.4, 0.5) is 0 Å². The van der Waals surface area contributed by atoms with Crippen LogP contribution in [0.15, 0.2) is 0 Å². The van der Waals surface area contributed by atoms with Crippen LogP contribution < -0.4 is 5.32 Å². The van der Waals surface area contributed by atoms with E-state index in [9.17, 15) is 0 Å². The second kappa shape index (κ2) is 5.34. The maximum Gasteiger partial charge on any atom is 0.0309 e. The number of thioether (sulfide) groups is 1. The number of hydrogen-bond acceptors (Lipinski definition) is 3. The molecule has 3 fully saturated rings. The molecule has 1 N–H and O–H groups in total. The number of hydrogen-bond donors (Lipinski definition) is 1. The van der Waals surface area contributed by atoms with E-state index >= 15 is 0 Å². The summed E-state index contributed by atoms with van der Waals surface area (Å²) < 4.78 is 0. The maximum atomic E-state index is 3.86. The monoisotopic (exact) mass is 268 g/mol. The lowest BCUT2D eigenvalue weighted by Crippen LogP contribution is -2.64. The van der Waals surface area contributed by atoms with Gasteiger partial charge in [0.1, 0.15) is 0 Å². The Balaban J connectivity index is 1.63. The molecule has 104 valence electrons. The van der Waals surface area contributed by atoms with Crippen LogP contribution >= 0.6 is 11.8 Å². The minimum atomic E-state index is 0.412. The Morgan fingerprint density at radius 1 is 1.33 bits per heavy atom. The minimum absolute atomic E-state index is 0.412. The van der Waals surface area contributed by atoms with Crippen LogP contribution in [0.25, 0.3) is 0 Å². The number of nitrogens with one attached hydrogen (secondary N) is 1. The molecule has 3 unspecified atom stereocenters. The van der Waals surface area contributed by atoms with E-state index in [0.717, 1.165) is 17.2 Å². The molecule has 2 heterocycles. The standard InChI is InChI=1S/C15H28N2S/c1-3-13-9-16-15(2,12-6-7-12)11-17(13)10-14-5-4-8-18-14/h12-14,16H,3-11H2,1-2H3. The molecule has 0 aromatic carbocycles. The fourth-order valence-electron chi connectivity index (χ4n) is 3.75. The maximum absolute atomic E-state index is 3.86. The Morgan fingerprint density at radius 3 is 2.78 bits per heavy atom. The van der Waals surface area contributed by atoms with Crippen molar-refractivity contribution in [3.63, 3.8) is 0 Å². The van der Waals surface area contributed by atoms with Crippen molar-refractivity contribution < 1.29 is 0 Å². The first-order valence-corrected chi connectivity index (χ1v) is 8.87. The van der Waals surface area contributed by atoms with Crippen LogP contribution in [0, 0.1) is 5.92 Å². The van der Waals surface area contributed by atoms with E-state index in [4.69, 9.17) is 0 Å². The van der Waals surface area contributed by atoms with Crippen molar-refractivity contribution >= 4 is 11.8 Å². The van der Waals surface area contributed by atoms with E-state index in [0.29, 0.717) is 5.54 Å². The van der Waals surface area contributed by atoms with E-state index < -0.39 is 0 Å². The Kier molecular flexibility index (Phi) is 3.93. The summed E-state index contributed by atoms with van der Waals surface area (Å²) in [5.74, 6) is 2.35. The van der Waals surface area contributed by atoms with E-state index in [1.54, 1.807) is 0 Å². The third-order valence-corrected chi connectivity index (χ3v) is 6.58. The second-order valence-electron chi connectivity index (χ2n) is 6.70. The first-order valence-electron chi connectivity index (χ1n) is 7.82. The van der Waals surface area contributed by atoms with Gasteiger partial charge in [0.05, 0.1) is 0 Å². The van der Waals surface area contributed by atoms with Crippen molar-refractivity contribution in [3.05, 3.63) is 0 Å². The molecule has 2 nitrogen and oxygen atoms in total. The summed E-state index contributed by atoms with van der Waals surface area (Å²) in [6.07, 6.45) is 7.09. The summed E-state index contributed by atoms with van der Waals surface area (Å²) in [6.45, 7) is 8.65. The van der Waals surface area contributed by atoms with Crippen LogP contribution in [-0.4, -0.2) is 47.1 Å². The molecular formula is C15H28N2S. The molecule has 1 aliphatic carbocycles. The average Bonchev–Trinajstić information content (AvgIpc) is 3.11. The van der Waals surface area contributed by atoms with Gasteiger partial charge in [-0.3, -0.25) is 4.90 Å². The lowest BCUT2D eigenvalue weighted by molar-refractivity contribution is 0.0732. The van der Waals surface area contributed by atoms with E-state index in [1.165, 1.54) is 57.5 Å². The zero-order valence-electron chi connectivity index (χ0n) is 12.0. The summed E-state index contributed by atoms with van der Waals surface area (Å²) in [6, 6.07) is 0.776. The van der Waals surface area contributed by atoms with Crippen molar-refractivity contribution in [2.24, 2.45) is 5.92 Å². The van der Waals surface area contributed by atoms with Crippen LogP contribution in [-0.2, 0) is 0 Å². The summed E-state index contributed by atoms with van der Waals surface area (Å²) in [5, 5.41) is 4.78. The Morgan fingerprint density at radius 2 is 2.17 bits per heavy atom. The van der Waals surface area contributed by atoms with Crippen molar-refractivity contribution in [3.8, 4) is 0 Å². The largest absolute Gasteiger partial charge is 0.308 e. The van der Waals surface area contributed by atoms with E-state index in [-0.39, 0.29) is 0 Å². The van der Waals surface area contributed by atoms with Gasteiger partial charge in [0.25, 0.3) is 0 Å². The third kappa shape index (κ3) is 2.73. The fraction of sp³-hybridized carbons (Fsp3) is 1.00. The molecule has 1 saturated carbocycles. The molecule has 3 atom stereocenters. The van der Waals surface area contributed by atoms with Gasteiger partial charge in [-0.2, -0.15) is 11.8 Å². The Hall–Kier alpha value is 0.270. The highest BCUT2D eigenvalue weighted by molar-refractivity contribution is 8.00. The Labute approximate surface area is 116 Å². The van der Waals surface area contributed by atoms with Gasteiger partial charge in [0.2, 0.25) is 0 Å². The molecule has 0 aromatic heterocycles. The number of piperazine rings is 1. The number of rotatable bonds is 4. The fourth-order valence-corrected chi connectivity index (χ4v) is 5.04. The van der Waals surface area contributed by atoms with Gasteiger partial charge in [-0.05, 0) is 50.7 Å². The first kappa shape index (κ1) is 13.3. The zero-order valence-corrected chi connectivity index (χ0v) is 12.8. The molecule has 3 aliphatic rings. The molecule has 2 saturated heterocycles. The summed E-state index contributed by atoms with van der Waals surface area (Å²) >= 11 is 2.21. The molecule has 0 spiro atoms. The van der Waals surface area contributed by atoms with Gasteiger partial charge >= 0.3 is 0 Å². The molecule has 3 heteroatoms. The van der Waals surface area contributed by atoms with Gasteiger partial charge < -0.3 is 5.32 Å². The topological polar surface area (TPSA) is 15.3 Å². The van der Waals surface area contributed by atoms with Crippen molar-refractivity contribution in [2.45, 2.75) is 62.8 Å². The van der Waals surface area contributed by atoms with E-state index in [1.807, 2.05) is 0 Å². The first-order chi connectivity index (χ1) is 8.71. The van der Waals surface area contributed by atoms with Crippen molar-refractivity contribution in [1.29, 1.82) is 0 Å². The van der Waals surface area contributed by atoms with Crippen molar-refractivity contribution in [1.82, 2.24) is 10.2 Å². The highest BCUT2D eigenvalue weighted by atomic mass is 32.2. The van der Waals surface area contributed by atoms with Gasteiger partial charge in [-0.25, -0.2) is 0 Å². The molecule has 3 rings (SSSR count). The Bertz CT molecular complexity index is 286. The molecule has 2 aliphatic heterocycles. The van der Waals surface area contributed by atoms with Crippen LogP contribution in [0.1, 0.15) is 46.0 Å². The van der Waals surface area contributed by atoms with E-state index in [2.05, 4.69) is 35.8 Å². The molecular weight excluding hydrogens is 240 g/mol. The molecule has 18 heavy (non-hydrogen) atoms. The summed E-state index contributed by atoms with van der Waals surface area (Å²) in [5.41, 5.74) is 0.412. The zero-order chi connectivity index (χ0) is 12.6. The van der Waals surface area contributed by atoms with Gasteiger partial charge in [0, 0.05) is 36.5 Å². The third-order valence-electron chi connectivity index (χ3n) is 5.20. The SMILES string of the molecule is CCC1CNC(C)(C2CC2)CN1CC1CCCS1. The van der Waals surface area contributed by atoms with Gasteiger partial charge in [0.15, 0.2) is 0 Å². The smallest absolute Gasteiger partial charge is 0.0309 e. The molecule has 0 aromatic rings. The molecule has 0 radical (unpaired) electrons. The predicted octanol–water partition coefficient (Wildman–Crippen LogP) is 2.73. The van der Waals surface area contributed by atoms with Crippen molar-refractivity contribution in [2.75, 3.05) is 25.4 Å². The lowest BCUT2D eigenvalue weighted by atomic mass is 9.90. The average molecular weight is 268 g/mol. The highest BCUT2D eigenvalue weighted by Crippen LogP contribution is 2.42. The summed E-state index contributed by atoms with van der Waals surface area (Å²) in [4.78, 5) is 2.82. The summed E-state index contributed by atoms with van der Waals surface area (Å²) in [7, 11) is 0. The predicted molar refractivity (Wildman–Crippen MR) is 80.3 cm³/mol. The van der Waals surface area contributed by atoms with Crippen LogP contribution in [0.3, 0.4) is 0 Å². The molecule has 0 amide bonds. The van der Waals surface area contributed by atoms with Crippen LogP contribution in [0.5, 0.6) is 0 Å².